The molecule has 1 aliphatic carbocycles. The smallest absolute Gasteiger partial charge is 0.0401 e. The van der Waals surface area contributed by atoms with Crippen LogP contribution in [0.3, 0.4) is 0 Å². The standard InChI is InChI=1S/C15H22N2/c16-13-8-10-17(11-9-13)15-7-2-1-6-14(15)12-4-3-5-12/h1-2,6-7,12-13H,3-5,8-11,16H2. The molecule has 3 rings (SSSR count). The Morgan fingerprint density at radius 1 is 1.00 bits per heavy atom. The van der Waals surface area contributed by atoms with Crippen LogP contribution < -0.4 is 10.6 Å². The third-order valence-corrected chi connectivity index (χ3v) is 4.36. The lowest BCUT2D eigenvalue weighted by atomic mass is 9.79. The summed E-state index contributed by atoms with van der Waals surface area (Å²) in [6, 6.07) is 9.40. The summed E-state index contributed by atoms with van der Waals surface area (Å²) in [7, 11) is 0. The molecule has 0 bridgehead atoms. The fraction of sp³-hybridized carbons (Fsp3) is 0.600. The van der Waals surface area contributed by atoms with Crippen LogP contribution in [0.15, 0.2) is 24.3 Å². The molecule has 0 spiro atoms. The number of piperidine rings is 1. The molecule has 1 saturated heterocycles. The van der Waals surface area contributed by atoms with Crippen LogP contribution in [0.5, 0.6) is 0 Å². The molecule has 1 aromatic rings. The van der Waals surface area contributed by atoms with Gasteiger partial charge in [0.1, 0.15) is 0 Å². The lowest BCUT2D eigenvalue weighted by molar-refractivity contribution is 0.417. The average Bonchev–Trinajstić information content (AvgIpc) is 2.29. The van der Waals surface area contributed by atoms with Crippen molar-refractivity contribution in [3.8, 4) is 0 Å². The second-order valence-electron chi connectivity index (χ2n) is 5.51. The summed E-state index contributed by atoms with van der Waals surface area (Å²) in [5, 5.41) is 0. The summed E-state index contributed by atoms with van der Waals surface area (Å²) in [4.78, 5) is 2.54. The molecule has 2 heteroatoms. The minimum absolute atomic E-state index is 0.419. The van der Waals surface area contributed by atoms with Gasteiger partial charge in [-0.2, -0.15) is 0 Å². The fourth-order valence-electron chi connectivity index (χ4n) is 2.98. The highest BCUT2D eigenvalue weighted by Gasteiger charge is 2.25. The van der Waals surface area contributed by atoms with E-state index in [0.29, 0.717) is 6.04 Å². The molecule has 17 heavy (non-hydrogen) atoms. The second-order valence-corrected chi connectivity index (χ2v) is 5.51. The molecule has 0 unspecified atom stereocenters. The summed E-state index contributed by atoms with van der Waals surface area (Å²) < 4.78 is 0. The first-order valence-electron chi connectivity index (χ1n) is 6.94. The normalized spacial score (nSPS) is 22.5. The van der Waals surface area contributed by atoms with E-state index in [9.17, 15) is 0 Å². The van der Waals surface area contributed by atoms with Crippen molar-refractivity contribution in [1.82, 2.24) is 0 Å². The first-order chi connectivity index (χ1) is 8.34. The fourth-order valence-corrected chi connectivity index (χ4v) is 2.98. The van der Waals surface area contributed by atoms with E-state index < -0.39 is 0 Å². The van der Waals surface area contributed by atoms with Gasteiger partial charge in [0, 0.05) is 24.8 Å². The molecule has 1 aliphatic heterocycles. The number of hydrogen-bond acceptors (Lipinski definition) is 2. The highest BCUT2D eigenvalue weighted by atomic mass is 15.1. The number of benzene rings is 1. The highest BCUT2D eigenvalue weighted by molar-refractivity contribution is 5.56. The van der Waals surface area contributed by atoms with Crippen molar-refractivity contribution in [2.24, 2.45) is 5.73 Å². The van der Waals surface area contributed by atoms with Crippen LogP contribution >= 0.6 is 0 Å². The van der Waals surface area contributed by atoms with Crippen molar-refractivity contribution >= 4 is 5.69 Å². The quantitative estimate of drug-likeness (QED) is 0.846. The summed E-state index contributed by atoms with van der Waals surface area (Å²) >= 11 is 0. The van der Waals surface area contributed by atoms with Gasteiger partial charge in [0.05, 0.1) is 0 Å². The van der Waals surface area contributed by atoms with Gasteiger partial charge < -0.3 is 10.6 Å². The number of para-hydroxylation sites is 1. The van der Waals surface area contributed by atoms with Crippen molar-refractivity contribution in [2.75, 3.05) is 18.0 Å². The lowest BCUT2D eigenvalue weighted by Gasteiger charge is -2.36. The van der Waals surface area contributed by atoms with Gasteiger partial charge in [0.25, 0.3) is 0 Å². The third-order valence-electron chi connectivity index (χ3n) is 4.36. The lowest BCUT2D eigenvalue weighted by Crippen LogP contribution is -2.40. The largest absolute Gasteiger partial charge is 0.371 e. The highest BCUT2D eigenvalue weighted by Crippen LogP contribution is 2.41. The monoisotopic (exact) mass is 230 g/mol. The van der Waals surface area contributed by atoms with Gasteiger partial charge in [-0.25, -0.2) is 0 Å². The molecule has 0 amide bonds. The van der Waals surface area contributed by atoms with Crippen molar-refractivity contribution in [3.63, 3.8) is 0 Å². The third kappa shape index (κ3) is 2.19. The topological polar surface area (TPSA) is 29.3 Å². The molecule has 92 valence electrons. The van der Waals surface area contributed by atoms with Gasteiger partial charge in [-0.15, -0.1) is 0 Å². The second kappa shape index (κ2) is 4.69. The van der Waals surface area contributed by atoms with E-state index in [1.165, 1.54) is 24.9 Å². The Morgan fingerprint density at radius 2 is 1.71 bits per heavy atom. The van der Waals surface area contributed by atoms with E-state index in [2.05, 4.69) is 29.2 Å². The molecule has 2 nitrogen and oxygen atoms in total. The Morgan fingerprint density at radius 3 is 2.35 bits per heavy atom. The van der Waals surface area contributed by atoms with Crippen LogP contribution in [-0.4, -0.2) is 19.1 Å². The number of rotatable bonds is 2. The van der Waals surface area contributed by atoms with Gasteiger partial charge in [-0.05, 0) is 43.2 Å². The molecule has 0 radical (unpaired) electrons. The minimum atomic E-state index is 0.419. The Balaban J connectivity index is 1.81. The van der Waals surface area contributed by atoms with Gasteiger partial charge in [0.15, 0.2) is 0 Å². The molecule has 2 fully saturated rings. The Labute approximate surface area is 104 Å². The molecule has 1 heterocycles. The number of anilines is 1. The molecule has 0 atom stereocenters. The maximum atomic E-state index is 5.98. The van der Waals surface area contributed by atoms with E-state index >= 15 is 0 Å². The van der Waals surface area contributed by atoms with Gasteiger partial charge in [0.2, 0.25) is 0 Å². The zero-order valence-corrected chi connectivity index (χ0v) is 10.4. The molecule has 1 saturated carbocycles. The van der Waals surface area contributed by atoms with E-state index in [0.717, 1.165) is 31.8 Å². The average molecular weight is 230 g/mol. The number of nitrogens with zero attached hydrogens (tertiary/aromatic N) is 1. The molecule has 2 N–H and O–H groups in total. The SMILES string of the molecule is NC1CCN(c2ccccc2C2CCC2)CC1. The van der Waals surface area contributed by atoms with Crippen LogP contribution in [0.25, 0.3) is 0 Å². The van der Waals surface area contributed by atoms with E-state index in [4.69, 9.17) is 5.73 Å². The van der Waals surface area contributed by atoms with Crippen molar-refractivity contribution < 1.29 is 0 Å². The zero-order valence-electron chi connectivity index (χ0n) is 10.4. The first-order valence-corrected chi connectivity index (χ1v) is 6.94. The molecular formula is C15H22N2. The van der Waals surface area contributed by atoms with E-state index in [1.807, 2.05) is 0 Å². The summed E-state index contributed by atoms with van der Waals surface area (Å²) in [5.74, 6) is 0.821. The molecule has 2 aliphatic rings. The number of hydrogen-bond donors (Lipinski definition) is 1. The van der Waals surface area contributed by atoms with Crippen molar-refractivity contribution in [3.05, 3.63) is 29.8 Å². The summed E-state index contributed by atoms with van der Waals surface area (Å²) in [6.45, 7) is 2.26. The maximum absolute atomic E-state index is 5.98. The van der Waals surface area contributed by atoms with Crippen LogP contribution in [0, 0.1) is 0 Å². The van der Waals surface area contributed by atoms with Crippen LogP contribution in [0.2, 0.25) is 0 Å². The minimum Gasteiger partial charge on any atom is -0.371 e. The van der Waals surface area contributed by atoms with Gasteiger partial charge in [-0.3, -0.25) is 0 Å². The Kier molecular flexibility index (Phi) is 3.06. The van der Waals surface area contributed by atoms with Crippen molar-refractivity contribution in [1.29, 1.82) is 0 Å². The van der Waals surface area contributed by atoms with Crippen LogP contribution in [0.1, 0.15) is 43.6 Å². The van der Waals surface area contributed by atoms with E-state index in [1.54, 1.807) is 5.56 Å². The maximum Gasteiger partial charge on any atom is 0.0401 e. The van der Waals surface area contributed by atoms with Gasteiger partial charge >= 0.3 is 0 Å². The van der Waals surface area contributed by atoms with E-state index in [-0.39, 0.29) is 0 Å². The Hall–Kier alpha value is -1.02. The predicted molar refractivity (Wildman–Crippen MR) is 72.5 cm³/mol. The van der Waals surface area contributed by atoms with Crippen LogP contribution in [-0.2, 0) is 0 Å². The Bertz CT molecular complexity index is 376. The first kappa shape index (κ1) is 11.1. The molecule has 1 aromatic carbocycles. The molecule has 0 aromatic heterocycles. The summed E-state index contributed by atoms with van der Waals surface area (Å²) in [5.41, 5.74) is 9.04. The van der Waals surface area contributed by atoms with Crippen LogP contribution in [0.4, 0.5) is 5.69 Å². The summed E-state index contributed by atoms with van der Waals surface area (Å²) in [6.07, 6.45) is 6.44. The van der Waals surface area contributed by atoms with Gasteiger partial charge in [-0.1, -0.05) is 24.6 Å². The molecular weight excluding hydrogens is 208 g/mol. The number of nitrogens with two attached hydrogens (primary N) is 1. The predicted octanol–water partition coefficient (Wildman–Crippen LogP) is 2.88. The zero-order chi connectivity index (χ0) is 11.7. The van der Waals surface area contributed by atoms with Crippen molar-refractivity contribution in [2.45, 2.75) is 44.1 Å².